The summed E-state index contributed by atoms with van der Waals surface area (Å²) in [4.78, 5) is 0. The first kappa shape index (κ1) is 13.1. The fourth-order valence-electron chi connectivity index (χ4n) is 2.26. The lowest BCUT2D eigenvalue weighted by molar-refractivity contribution is 0.480. The van der Waals surface area contributed by atoms with Gasteiger partial charge in [-0.05, 0) is 25.0 Å². The zero-order chi connectivity index (χ0) is 13.4. The molecule has 0 aliphatic heterocycles. The Kier molecular flexibility index (Phi) is 3.17. The van der Waals surface area contributed by atoms with Crippen molar-refractivity contribution in [3.8, 4) is 0 Å². The van der Waals surface area contributed by atoms with Crippen molar-refractivity contribution in [2.75, 3.05) is 0 Å². The molecule has 2 rings (SSSR count). The van der Waals surface area contributed by atoms with Crippen LogP contribution in [0.1, 0.15) is 18.1 Å². The van der Waals surface area contributed by atoms with Gasteiger partial charge in [0, 0.05) is 5.41 Å². The molecule has 96 valence electrons. The van der Waals surface area contributed by atoms with Gasteiger partial charge in [-0.15, -0.1) is 0 Å². The predicted molar refractivity (Wildman–Crippen MR) is 72.1 cm³/mol. The molecule has 1 aliphatic rings. The van der Waals surface area contributed by atoms with Crippen molar-refractivity contribution in [2.45, 2.75) is 24.5 Å². The minimum atomic E-state index is -4.04. The summed E-state index contributed by atoms with van der Waals surface area (Å²) in [7, 11) is -4.04. The number of allylic oxidation sites excluding steroid dienone is 2. The maximum absolute atomic E-state index is 11.1. The van der Waals surface area contributed by atoms with E-state index in [1.165, 1.54) is 12.2 Å². The number of aryl methyl sites for hydroxylation is 1. The molecule has 3 nitrogen and oxygen atoms in total. The SMILES string of the molecule is Cc1ccccc1C1(C)C=CC(S(=O)(=O)O)C=C1. The van der Waals surface area contributed by atoms with E-state index in [2.05, 4.69) is 0 Å². The molecule has 1 aromatic carbocycles. The topological polar surface area (TPSA) is 54.4 Å². The van der Waals surface area contributed by atoms with Crippen LogP contribution in [0.3, 0.4) is 0 Å². The third kappa shape index (κ3) is 2.40. The average Bonchev–Trinajstić information content (AvgIpc) is 2.28. The molecule has 0 amide bonds. The first-order valence-corrected chi connectivity index (χ1v) is 7.24. The van der Waals surface area contributed by atoms with Crippen LogP contribution in [0.4, 0.5) is 0 Å². The van der Waals surface area contributed by atoms with Gasteiger partial charge in [-0.3, -0.25) is 4.55 Å². The fourth-order valence-corrected chi connectivity index (χ4v) is 2.82. The van der Waals surface area contributed by atoms with E-state index in [0.717, 1.165) is 11.1 Å². The lowest BCUT2D eigenvalue weighted by atomic mass is 9.77. The molecule has 0 radical (unpaired) electrons. The summed E-state index contributed by atoms with van der Waals surface area (Å²) in [6.45, 7) is 4.04. The lowest BCUT2D eigenvalue weighted by Gasteiger charge is -2.28. The molecule has 0 saturated carbocycles. The van der Waals surface area contributed by atoms with Gasteiger partial charge in [0.2, 0.25) is 0 Å². The van der Waals surface area contributed by atoms with Crippen LogP contribution in [0, 0.1) is 6.92 Å². The Morgan fingerprint density at radius 1 is 1.17 bits per heavy atom. The highest BCUT2D eigenvalue weighted by Gasteiger charge is 2.28. The van der Waals surface area contributed by atoms with Crippen molar-refractivity contribution < 1.29 is 13.0 Å². The summed E-state index contributed by atoms with van der Waals surface area (Å²) in [5.41, 5.74) is 1.96. The molecule has 0 unspecified atom stereocenters. The molecule has 1 aromatic rings. The summed E-state index contributed by atoms with van der Waals surface area (Å²) in [5.74, 6) is 0. The first-order chi connectivity index (χ1) is 8.33. The first-order valence-electron chi connectivity index (χ1n) is 5.74. The van der Waals surface area contributed by atoms with Crippen molar-refractivity contribution in [1.29, 1.82) is 0 Å². The van der Waals surface area contributed by atoms with Gasteiger partial charge in [0.1, 0.15) is 5.25 Å². The maximum atomic E-state index is 11.1. The van der Waals surface area contributed by atoms with Gasteiger partial charge in [-0.25, -0.2) is 0 Å². The van der Waals surface area contributed by atoms with E-state index in [0.29, 0.717) is 0 Å². The van der Waals surface area contributed by atoms with E-state index in [4.69, 9.17) is 4.55 Å². The molecule has 0 bridgehead atoms. The van der Waals surface area contributed by atoms with E-state index in [-0.39, 0.29) is 5.41 Å². The van der Waals surface area contributed by atoms with E-state index >= 15 is 0 Å². The normalized spacial score (nSPS) is 27.4. The number of benzene rings is 1. The Morgan fingerprint density at radius 2 is 1.72 bits per heavy atom. The van der Waals surface area contributed by atoms with Crippen molar-refractivity contribution in [1.82, 2.24) is 0 Å². The summed E-state index contributed by atoms with van der Waals surface area (Å²) in [6.07, 6.45) is 6.71. The zero-order valence-corrected chi connectivity index (χ0v) is 11.2. The van der Waals surface area contributed by atoms with Gasteiger partial charge < -0.3 is 0 Å². The standard InChI is InChI=1S/C14H16O3S/c1-11-5-3-4-6-13(11)14(2)9-7-12(8-10-14)18(15,16)17/h3-10,12H,1-2H3,(H,15,16,17). The van der Waals surface area contributed by atoms with Crippen molar-refractivity contribution >= 4 is 10.1 Å². The summed E-state index contributed by atoms with van der Waals surface area (Å²) < 4.78 is 31.1. The second-order valence-corrected chi connectivity index (χ2v) is 6.37. The van der Waals surface area contributed by atoms with Gasteiger partial charge in [0.15, 0.2) is 0 Å². The minimum Gasteiger partial charge on any atom is -0.285 e. The molecule has 18 heavy (non-hydrogen) atoms. The third-order valence-electron chi connectivity index (χ3n) is 3.33. The van der Waals surface area contributed by atoms with Crippen molar-refractivity contribution in [2.24, 2.45) is 0 Å². The van der Waals surface area contributed by atoms with Gasteiger partial charge in [-0.1, -0.05) is 48.6 Å². The molecule has 1 aliphatic carbocycles. The summed E-state index contributed by atoms with van der Waals surface area (Å²) in [6, 6.07) is 7.98. The molecule has 0 atom stereocenters. The second kappa shape index (κ2) is 4.37. The Labute approximate surface area is 108 Å². The Morgan fingerprint density at radius 3 is 2.22 bits per heavy atom. The Bertz CT molecular complexity index is 598. The maximum Gasteiger partial charge on any atom is 0.275 e. The lowest BCUT2D eigenvalue weighted by Crippen LogP contribution is -2.25. The van der Waals surface area contributed by atoms with Gasteiger partial charge in [0.05, 0.1) is 0 Å². The molecule has 0 aromatic heterocycles. The Hall–Kier alpha value is -1.39. The van der Waals surface area contributed by atoms with Crippen LogP contribution in [0.15, 0.2) is 48.6 Å². The number of hydrogen-bond donors (Lipinski definition) is 1. The molecule has 4 heteroatoms. The highest BCUT2D eigenvalue weighted by molar-refractivity contribution is 7.86. The molecule has 0 fully saturated rings. The molecule has 0 spiro atoms. The van der Waals surface area contributed by atoms with Crippen molar-refractivity contribution in [3.63, 3.8) is 0 Å². The van der Waals surface area contributed by atoms with Crippen LogP contribution in [0.2, 0.25) is 0 Å². The monoisotopic (exact) mass is 264 g/mol. The molecule has 0 saturated heterocycles. The highest BCUT2D eigenvalue weighted by Crippen LogP contribution is 2.33. The van der Waals surface area contributed by atoms with Gasteiger partial charge in [-0.2, -0.15) is 8.42 Å². The third-order valence-corrected chi connectivity index (χ3v) is 4.34. The van der Waals surface area contributed by atoms with E-state index < -0.39 is 15.4 Å². The molecular weight excluding hydrogens is 248 g/mol. The van der Waals surface area contributed by atoms with Crippen LogP contribution < -0.4 is 0 Å². The molecular formula is C14H16O3S. The van der Waals surface area contributed by atoms with Crippen LogP contribution in [0.5, 0.6) is 0 Å². The Balaban J connectivity index is 2.39. The highest BCUT2D eigenvalue weighted by atomic mass is 32.2. The smallest absolute Gasteiger partial charge is 0.275 e. The number of hydrogen-bond acceptors (Lipinski definition) is 2. The minimum absolute atomic E-state index is 0.327. The van der Waals surface area contributed by atoms with Gasteiger partial charge >= 0.3 is 0 Å². The predicted octanol–water partition coefficient (Wildman–Crippen LogP) is 2.64. The summed E-state index contributed by atoms with van der Waals surface area (Å²) >= 11 is 0. The molecule has 0 heterocycles. The average molecular weight is 264 g/mol. The van der Waals surface area contributed by atoms with E-state index in [9.17, 15) is 8.42 Å². The van der Waals surface area contributed by atoms with Crippen LogP contribution in [0.25, 0.3) is 0 Å². The largest absolute Gasteiger partial charge is 0.285 e. The van der Waals surface area contributed by atoms with E-state index in [1.807, 2.05) is 50.3 Å². The van der Waals surface area contributed by atoms with Crippen molar-refractivity contribution in [3.05, 3.63) is 59.7 Å². The van der Waals surface area contributed by atoms with Crippen LogP contribution in [-0.2, 0) is 15.5 Å². The second-order valence-electron chi connectivity index (χ2n) is 4.80. The number of rotatable bonds is 2. The fraction of sp³-hybridized carbons (Fsp3) is 0.286. The van der Waals surface area contributed by atoms with Crippen LogP contribution >= 0.6 is 0 Å². The quantitative estimate of drug-likeness (QED) is 0.660. The zero-order valence-electron chi connectivity index (χ0n) is 10.4. The molecule has 1 N–H and O–H groups in total. The van der Waals surface area contributed by atoms with E-state index in [1.54, 1.807) is 0 Å². The van der Waals surface area contributed by atoms with Gasteiger partial charge in [0.25, 0.3) is 10.1 Å². The summed E-state index contributed by atoms with van der Waals surface area (Å²) in [5, 5.41) is -0.936. The van der Waals surface area contributed by atoms with Crippen LogP contribution in [-0.4, -0.2) is 18.2 Å².